The smallest absolute Gasteiger partial charge is 0.0105 e. The van der Waals surface area contributed by atoms with E-state index in [0.29, 0.717) is 5.25 Å². The van der Waals surface area contributed by atoms with Crippen LogP contribution in [0.4, 0.5) is 0 Å². The van der Waals surface area contributed by atoms with Crippen molar-refractivity contribution in [2.45, 2.75) is 24.5 Å². The van der Waals surface area contributed by atoms with Gasteiger partial charge in [0, 0.05) is 11.0 Å². The van der Waals surface area contributed by atoms with Crippen LogP contribution in [-0.2, 0) is 0 Å². The molecule has 56 valence electrons. The highest BCUT2D eigenvalue weighted by molar-refractivity contribution is 7.84. The molecule has 1 atom stereocenters. The zero-order valence-corrected chi connectivity index (χ0v) is 7.37. The molecule has 1 nitrogen and oxygen atoms in total. The molecule has 0 spiro atoms. The van der Waals surface area contributed by atoms with Crippen LogP contribution in [-0.4, -0.2) is 17.5 Å². The lowest BCUT2D eigenvalue weighted by molar-refractivity contribution is 0.689. The standard InChI is InChI=1S/C6H15NS2/c7-4-2-1-3-6(9)5-8/h6,8-9H,1-5,7H2. The molecule has 0 fully saturated rings. The second-order valence-corrected chi connectivity index (χ2v) is 3.22. The van der Waals surface area contributed by atoms with E-state index in [1.54, 1.807) is 0 Å². The summed E-state index contributed by atoms with van der Waals surface area (Å²) in [7, 11) is 0. The van der Waals surface area contributed by atoms with Gasteiger partial charge in [0.05, 0.1) is 0 Å². The highest BCUT2D eigenvalue weighted by atomic mass is 32.1. The van der Waals surface area contributed by atoms with Crippen molar-refractivity contribution in [3.05, 3.63) is 0 Å². The Morgan fingerprint density at radius 3 is 2.44 bits per heavy atom. The maximum absolute atomic E-state index is 5.31. The van der Waals surface area contributed by atoms with Gasteiger partial charge in [-0.2, -0.15) is 25.3 Å². The molecule has 0 aliphatic heterocycles. The summed E-state index contributed by atoms with van der Waals surface area (Å²) < 4.78 is 0. The highest BCUT2D eigenvalue weighted by Gasteiger charge is 1.97. The van der Waals surface area contributed by atoms with E-state index in [1.807, 2.05) is 0 Å². The summed E-state index contributed by atoms with van der Waals surface area (Å²) in [6.45, 7) is 0.799. The number of thiol groups is 2. The highest BCUT2D eigenvalue weighted by Crippen LogP contribution is 2.07. The minimum absolute atomic E-state index is 0.458. The molecule has 9 heavy (non-hydrogen) atoms. The predicted octanol–water partition coefficient (Wildman–Crippen LogP) is 1.34. The van der Waals surface area contributed by atoms with Crippen molar-refractivity contribution in [1.29, 1.82) is 0 Å². The number of nitrogens with two attached hydrogens (primary N) is 1. The molecule has 0 rings (SSSR count). The lowest BCUT2D eigenvalue weighted by Gasteiger charge is -2.04. The molecule has 0 aromatic heterocycles. The van der Waals surface area contributed by atoms with Crippen LogP contribution in [0.2, 0.25) is 0 Å². The number of hydrogen-bond donors (Lipinski definition) is 3. The van der Waals surface area contributed by atoms with Crippen LogP contribution in [0, 0.1) is 0 Å². The van der Waals surface area contributed by atoms with Gasteiger partial charge in [0.25, 0.3) is 0 Å². The summed E-state index contributed by atoms with van der Waals surface area (Å²) in [5.41, 5.74) is 5.31. The molecule has 0 aromatic rings. The van der Waals surface area contributed by atoms with Gasteiger partial charge >= 0.3 is 0 Å². The van der Waals surface area contributed by atoms with Gasteiger partial charge < -0.3 is 5.73 Å². The fraction of sp³-hybridized carbons (Fsp3) is 1.00. The third-order valence-electron chi connectivity index (χ3n) is 1.20. The summed E-state index contributed by atoms with van der Waals surface area (Å²) >= 11 is 8.40. The minimum Gasteiger partial charge on any atom is -0.330 e. The zero-order chi connectivity index (χ0) is 7.11. The molecule has 0 amide bonds. The molecule has 2 N–H and O–H groups in total. The van der Waals surface area contributed by atoms with Gasteiger partial charge in [0.15, 0.2) is 0 Å². The number of rotatable bonds is 5. The van der Waals surface area contributed by atoms with E-state index >= 15 is 0 Å². The van der Waals surface area contributed by atoms with Gasteiger partial charge in [0.1, 0.15) is 0 Å². The molecule has 0 aliphatic rings. The van der Waals surface area contributed by atoms with Crippen LogP contribution in [0.1, 0.15) is 19.3 Å². The molecule has 0 radical (unpaired) electrons. The quantitative estimate of drug-likeness (QED) is 0.416. The summed E-state index contributed by atoms with van der Waals surface area (Å²) in [5.74, 6) is 0.869. The van der Waals surface area contributed by atoms with Gasteiger partial charge in [-0.25, -0.2) is 0 Å². The van der Waals surface area contributed by atoms with Crippen LogP contribution in [0.15, 0.2) is 0 Å². The Morgan fingerprint density at radius 2 is 2.00 bits per heavy atom. The molecule has 0 saturated heterocycles. The summed E-state index contributed by atoms with van der Waals surface area (Å²) in [5, 5.41) is 0.458. The van der Waals surface area contributed by atoms with Crippen LogP contribution in [0.25, 0.3) is 0 Å². The Hall–Kier alpha value is 0.660. The molecule has 1 unspecified atom stereocenters. The zero-order valence-electron chi connectivity index (χ0n) is 5.58. The summed E-state index contributed by atoms with van der Waals surface area (Å²) in [4.78, 5) is 0. The van der Waals surface area contributed by atoms with Crippen LogP contribution in [0.5, 0.6) is 0 Å². The Kier molecular flexibility index (Phi) is 7.27. The van der Waals surface area contributed by atoms with Crippen molar-refractivity contribution in [2.24, 2.45) is 5.73 Å². The Morgan fingerprint density at radius 1 is 1.33 bits per heavy atom. The van der Waals surface area contributed by atoms with Gasteiger partial charge in [-0.1, -0.05) is 6.42 Å². The lowest BCUT2D eigenvalue weighted by atomic mass is 10.2. The van der Waals surface area contributed by atoms with Crippen molar-refractivity contribution in [3.8, 4) is 0 Å². The predicted molar refractivity (Wildman–Crippen MR) is 49.5 cm³/mol. The average Bonchev–Trinajstić information content (AvgIpc) is 1.89. The van der Waals surface area contributed by atoms with E-state index in [9.17, 15) is 0 Å². The van der Waals surface area contributed by atoms with Crippen molar-refractivity contribution in [2.75, 3.05) is 12.3 Å². The van der Waals surface area contributed by atoms with Gasteiger partial charge in [-0.05, 0) is 19.4 Å². The number of unbranched alkanes of at least 4 members (excludes halogenated alkanes) is 1. The second kappa shape index (κ2) is 6.78. The third kappa shape index (κ3) is 6.55. The SMILES string of the molecule is NCCCCC(S)CS. The topological polar surface area (TPSA) is 26.0 Å². The second-order valence-electron chi connectivity index (χ2n) is 2.12. The van der Waals surface area contributed by atoms with Crippen LogP contribution >= 0.6 is 25.3 Å². The van der Waals surface area contributed by atoms with E-state index in [-0.39, 0.29) is 0 Å². The Labute approximate surface area is 68.2 Å². The van der Waals surface area contributed by atoms with Crippen LogP contribution < -0.4 is 5.73 Å². The monoisotopic (exact) mass is 165 g/mol. The maximum atomic E-state index is 5.31. The Balaban J connectivity index is 2.88. The molecule has 3 heteroatoms. The van der Waals surface area contributed by atoms with E-state index in [1.165, 1.54) is 6.42 Å². The Bertz CT molecular complexity index is 59.0. The third-order valence-corrected chi connectivity index (χ3v) is 2.37. The van der Waals surface area contributed by atoms with Crippen molar-refractivity contribution in [1.82, 2.24) is 0 Å². The molecule has 0 bridgehead atoms. The molecular weight excluding hydrogens is 150 g/mol. The van der Waals surface area contributed by atoms with Crippen molar-refractivity contribution >= 4 is 25.3 Å². The first-order valence-corrected chi connectivity index (χ1v) is 4.45. The molecule has 0 aliphatic carbocycles. The van der Waals surface area contributed by atoms with E-state index in [0.717, 1.165) is 25.1 Å². The van der Waals surface area contributed by atoms with Crippen molar-refractivity contribution in [3.63, 3.8) is 0 Å². The van der Waals surface area contributed by atoms with Gasteiger partial charge in [-0.3, -0.25) is 0 Å². The molecule has 0 aromatic carbocycles. The first kappa shape index (κ1) is 9.66. The first-order valence-electron chi connectivity index (χ1n) is 3.30. The fourth-order valence-corrected chi connectivity index (χ4v) is 0.981. The molecule has 0 saturated carbocycles. The van der Waals surface area contributed by atoms with Gasteiger partial charge in [-0.15, -0.1) is 0 Å². The minimum atomic E-state index is 0.458. The lowest BCUT2D eigenvalue weighted by Crippen LogP contribution is -2.03. The van der Waals surface area contributed by atoms with E-state index in [2.05, 4.69) is 25.3 Å². The average molecular weight is 165 g/mol. The normalized spacial score (nSPS) is 13.7. The first-order chi connectivity index (χ1) is 4.31. The summed E-state index contributed by atoms with van der Waals surface area (Å²) in [6, 6.07) is 0. The van der Waals surface area contributed by atoms with Gasteiger partial charge in [0.2, 0.25) is 0 Å². The molecule has 0 heterocycles. The van der Waals surface area contributed by atoms with Crippen molar-refractivity contribution < 1.29 is 0 Å². The van der Waals surface area contributed by atoms with E-state index < -0.39 is 0 Å². The molecular formula is C6H15NS2. The maximum Gasteiger partial charge on any atom is 0.0105 e. The summed E-state index contributed by atoms with van der Waals surface area (Å²) in [6.07, 6.45) is 3.44. The fourth-order valence-electron chi connectivity index (χ4n) is 0.616. The number of hydrogen-bond acceptors (Lipinski definition) is 3. The van der Waals surface area contributed by atoms with Crippen LogP contribution in [0.3, 0.4) is 0 Å². The largest absolute Gasteiger partial charge is 0.330 e. The van der Waals surface area contributed by atoms with E-state index in [4.69, 9.17) is 5.73 Å².